The van der Waals surface area contributed by atoms with Crippen molar-refractivity contribution in [1.82, 2.24) is 4.98 Å². The smallest absolute Gasteiger partial charge is 0.388 e. The first-order chi connectivity index (χ1) is 16.3. The number of benzene rings is 2. The van der Waals surface area contributed by atoms with Crippen LogP contribution in [0.4, 0.5) is 18.9 Å². The Labute approximate surface area is 194 Å². The average Bonchev–Trinajstić information content (AvgIpc) is 2.75. The van der Waals surface area contributed by atoms with Gasteiger partial charge in [0.2, 0.25) is 11.8 Å². The molecule has 0 saturated carbocycles. The predicted molar refractivity (Wildman–Crippen MR) is 119 cm³/mol. The zero-order valence-electron chi connectivity index (χ0n) is 18.3. The van der Waals surface area contributed by atoms with Crippen molar-refractivity contribution in [2.75, 3.05) is 18.5 Å². The Bertz CT molecular complexity index is 1150. The van der Waals surface area contributed by atoms with Crippen LogP contribution in [-0.4, -0.2) is 41.9 Å². The standard InChI is InChI=1S/C25H23F3N2O4/c1-15(31)10-17-11-22(34-24(27)28)29-12-21(17)16-2-4-18(5-3-16)25(13-33-14-25)23(32)30-20-8-6-19(26)7-9-20/h2-9,11-12,15,24,31H,10,13-14H2,1H3,(H,30,32)/t15-/m0/s1. The third kappa shape index (κ3) is 5.05. The number of aromatic nitrogens is 1. The van der Waals surface area contributed by atoms with Gasteiger partial charge in [-0.1, -0.05) is 24.3 Å². The maximum atomic E-state index is 13.2. The van der Waals surface area contributed by atoms with Crippen LogP contribution >= 0.6 is 0 Å². The van der Waals surface area contributed by atoms with Crippen LogP contribution in [0.3, 0.4) is 0 Å². The van der Waals surface area contributed by atoms with Crippen LogP contribution in [0.2, 0.25) is 0 Å². The molecule has 3 aromatic rings. The van der Waals surface area contributed by atoms with Gasteiger partial charge < -0.3 is 19.9 Å². The number of anilines is 1. The number of alkyl halides is 2. The molecular weight excluding hydrogens is 449 g/mol. The summed E-state index contributed by atoms with van der Waals surface area (Å²) in [6.07, 6.45) is 0.940. The Balaban J connectivity index is 1.59. The number of aliphatic hydroxyl groups is 1. The van der Waals surface area contributed by atoms with E-state index in [1.807, 2.05) is 0 Å². The highest BCUT2D eigenvalue weighted by Crippen LogP contribution is 2.36. The quantitative estimate of drug-likeness (QED) is 0.511. The number of carbonyl (C=O) groups excluding carboxylic acids is 1. The maximum Gasteiger partial charge on any atom is 0.388 e. The second-order valence-corrected chi connectivity index (χ2v) is 8.22. The van der Waals surface area contributed by atoms with Crippen molar-refractivity contribution in [2.45, 2.75) is 31.5 Å². The molecule has 9 heteroatoms. The lowest BCUT2D eigenvalue weighted by atomic mass is 9.77. The zero-order valence-corrected chi connectivity index (χ0v) is 18.3. The highest BCUT2D eigenvalue weighted by atomic mass is 19.3. The normalized spacial score (nSPS) is 15.5. The summed E-state index contributed by atoms with van der Waals surface area (Å²) >= 11 is 0. The molecule has 34 heavy (non-hydrogen) atoms. The van der Waals surface area contributed by atoms with Gasteiger partial charge in [-0.3, -0.25) is 4.79 Å². The van der Waals surface area contributed by atoms with Crippen molar-refractivity contribution >= 4 is 11.6 Å². The lowest BCUT2D eigenvalue weighted by molar-refractivity contribution is -0.139. The summed E-state index contributed by atoms with van der Waals surface area (Å²) in [6, 6.07) is 14.1. The summed E-state index contributed by atoms with van der Waals surface area (Å²) in [5.74, 6) is -0.884. The monoisotopic (exact) mass is 472 g/mol. The van der Waals surface area contributed by atoms with Crippen LogP contribution in [0.1, 0.15) is 18.1 Å². The number of halogens is 3. The maximum absolute atomic E-state index is 13.2. The Morgan fingerprint density at radius 3 is 2.41 bits per heavy atom. The fourth-order valence-electron chi connectivity index (χ4n) is 3.87. The van der Waals surface area contributed by atoms with E-state index in [2.05, 4.69) is 15.0 Å². The van der Waals surface area contributed by atoms with E-state index in [9.17, 15) is 23.1 Å². The Kier molecular flexibility index (Phi) is 6.85. The van der Waals surface area contributed by atoms with Gasteiger partial charge in [-0.15, -0.1) is 0 Å². The number of amides is 1. The van der Waals surface area contributed by atoms with Gasteiger partial charge in [-0.25, -0.2) is 9.37 Å². The summed E-state index contributed by atoms with van der Waals surface area (Å²) in [4.78, 5) is 17.0. The fourth-order valence-corrected chi connectivity index (χ4v) is 3.87. The van der Waals surface area contributed by atoms with Gasteiger partial charge in [0.25, 0.3) is 0 Å². The molecule has 2 heterocycles. The van der Waals surface area contributed by atoms with E-state index in [1.54, 1.807) is 31.2 Å². The zero-order chi connectivity index (χ0) is 24.3. The molecule has 1 aliphatic heterocycles. The molecule has 0 aliphatic carbocycles. The van der Waals surface area contributed by atoms with E-state index in [1.165, 1.54) is 36.5 Å². The number of carbonyl (C=O) groups is 1. The number of nitrogens with one attached hydrogen (secondary N) is 1. The Morgan fingerprint density at radius 1 is 1.18 bits per heavy atom. The topological polar surface area (TPSA) is 80.7 Å². The fraction of sp³-hybridized carbons (Fsp3) is 0.280. The Hall–Kier alpha value is -3.43. The van der Waals surface area contributed by atoms with Crippen molar-refractivity contribution in [3.8, 4) is 17.0 Å². The number of ether oxygens (including phenoxy) is 2. The number of aliphatic hydroxyl groups excluding tert-OH is 1. The second kappa shape index (κ2) is 9.82. The van der Waals surface area contributed by atoms with Crippen LogP contribution in [0.15, 0.2) is 60.8 Å². The van der Waals surface area contributed by atoms with Gasteiger partial charge >= 0.3 is 6.61 Å². The first-order valence-electron chi connectivity index (χ1n) is 10.6. The van der Waals surface area contributed by atoms with E-state index in [0.29, 0.717) is 16.8 Å². The van der Waals surface area contributed by atoms with Crippen LogP contribution in [0.5, 0.6) is 5.88 Å². The third-order valence-electron chi connectivity index (χ3n) is 5.67. The highest BCUT2D eigenvalue weighted by molar-refractivity contribution is 6.00. The molecule has 2 N–H and O–H groups in total. The minimum atomic E-state index is -3.00. The Morgan fingerprint density at radius 2 is 1.85 bits per heavy atom. The molecule has 1 fully saturated rings. The number of rotatable bonds is 8. The van der Waals surface area contributed by atoms with Crippen molar-refractivity contribution in [3.05, 3.63) is 77.7 Å². The van der Waals surface area contributed by atoms with E-state index < -0.39 is 23.9 Å². The number of hydrogen-bond donors (Lipinski definition) is 2. The molecule has 0 unspecified atom stereocenters. The minimum Gasteiger partial charge on any atom is -0.417 e. The van der Waals surface area contributed by atoms with Crippen LogP contribution < -0.4 is 10.1 Å². The SMILES string of the molecule is C[C@H](O)Cc1cc(OC(F)F)ncc1-c1ccc(C2(C(=O)Nc3ccc(F)cc3)COC2)cc1. The molecule has 0 radical (unpaired) electrons. The molecule has 1 amide bonds. The summed E-state index contributed by atoms with van der Waals surface area (Å²) < 4.78 is 48.1. The van der Waals surface area contributed by atoms with Gasteiger partial charge in [0.1, 0.15) is 11.2 Å². The van der Waals surface area contributed by atoms with Crippen molar-refractivity contribution in [1.29, 1.82) is 0 Å². The highest BCUT2D eigenvalue weighted by Gasteiger charge is 2.47. The molecule has 1 aromatic heterocycles. The molecular formula is C25H23F3N2O4. The average molecular weight is 472 g/mol. The van der Waals surface area contributed by atoms with Gasteiger partial charge in [0, 0.05) is 23.5 Å². The number of nitrogens with zero attached hydrogens (tertiary/aromatic N) is 1. The van der Waals surface area contributed by atoms with Crippen molar-refractivity contribution in [3.63, 3.8) is 0 Å². The molecule has 1 aliphatic rings. The first kappa shape index (κ1) is 23.7. The van der Waals surface area contributed by atoms with Gasteiger partial charge in [0.05, 0.1) is 19.3 Å². The van der Waals surface area contributed by atoms with Crippen molar-refractivity contribution in [2.24, 2.45) is 0 Å². The first-order valence-corrected chi connectivity index (χ1v) is 10.6. The van der Waals surface area contributed by atoms with E-state index in [-0.39, 0.29) is 31.4 Å². The predicted octanol–water partition coefficient (Wildman–Crippen LogP) is 4.32. The van der Waals surface area contributed by atoms with Crippen LogP contribution in [-0.2, 0) is 21.4 Å². The number of hydrogen-bond acceptors (Lipinski definition) is 5. The molecule has 0 spiro atoms. The van der Waals surface area contributed by atoms with Gasteiger partial charge in [0.15, 0.2) is 0 Å². The molecule has 1 atom stereocenters. The van der Waals surface area contributed by atoms with Gasteiger partial charge in [-0.05, 0) is 54.3 Å². The van der Waals surface area contributed by atoms with Crippen LogP contribution in [0, 0.1) is 5.82 Å². The molecule has 6 nitrogen and oxygen atoms in total. The number of pyridine rings is 1. The van der Waals surface area contributed by atoms with Gasteiger partial charge in [-0.2, -0.15) is 8.78 Å². The van der Waals surface area contributed by atoms with Crippen molar-refractivity contribution < 1.29 is 32.5 Å². The minimum absolute atomic E-state index is 0.202. The summed E-state index contributed by atoms with van der Waals surface area (Å²) in [5, 5.41) is 12.7. The molecule has 0 bridgehead atoms. The molecule has 4 rings (SSSR count). The van der Waals surface area contributed by atoms with E-state index >= 15 is 0 Å². The summed E-state index contributed by atoms with van der Waals surface area (Å²) in [7, 11) is 0. The van der Waals surface area contributed by atoms with E-state index in [4.69, 9.17) is 4.74 Å². The lowest BCUT2D eigenvalue weighted by Gasteiger charge is -2.40. The molecule has 2 aromatic carbocycles. The van der Waals surface area contributed by atoms with Crippen LogP contribution in [0.25, 0.3) is 11.1 Å². The second-order valence-electron chi connectivity index (χ2n) is 8.22. The lowest BCUT2D eigenvalue weighted by Crippen LogP contribution is -2.55. The summed E-state index contributed by atoms with van der Waals surface area (Å²) in [5.41, 5.74) is 2.33. The van der Waals surface area contributed by atoms with E-state index in [0.717, 1.165) is 11.1 Å². The molecule has 178 valence electrons. The largest absolute Gasteiger partial charge is 0.417 e. The molecule has 1 saturated heterocycles. The third-order valence-corrected chi connectivity index (χ3v) is 5.67. The summed E-state index contributed by atoms with van der Waals surface area (Å²) in [6.45, 7) is -0.998.